The molecule has 1 aliphatic carbocycles. The van der Waals surface area contributed by atoms with Gasteiger partial charge in [-0.15, -0.1) is 0 Å². The Morgan fingerprint density at radius 1 is 1.22 bits per heavy atom. The van der Waals surface area contributed by atoms with E-state index in [0.29, 0.717) is 17.7 Å². The Morgan fingerprint density at radius 3 is 2.67 bits per heavy atom. The van der Waals surface area contributed by atoms with Crippen molar-refractivity contribution in [1.82, 2.24) is 10.2 Å². The fourth-order valence-electron chi connectivity index (χ4n) is 4.07. The lowest BCUT2D eigenvalue weighted by Crippen LogP contribution is -2.54. The molecular weight excluding hydrogens is 579 g/mol. The summed E-state index contributed by atoms with van der Waals surface area (Å²) in [6.45, 7) is 1.51. The Hall–Kier alpha value is -2.70. The van der Waals surface area contributed by atoms with Gasteiger partial charge in [-0.25, -0.2) is 0 Å². The van der Waals surface area contributed by atoms with Crippen molar-refractivity contribution in [3.63, 3.8) is 0 Å². The average Bonchev–Trinajstić information content (AvgIpc) is 3.37. The zero-order valence-corrected chi connectivity index (χ0v) is 22.2. The molecule has 0 saturated heterocycles. The van der Waals surface area contributed by atoms with E-state index in [9.17, 15) is 19.5 Å². The van der Waals surface area contributed by atoms with Crippen LogP contribution >= 0.6 is 22.6 Å². The van der Waals surface area contributed by atoms with Gasteiger partial charge in [-0.2, -0.15) is 0 Å². The number of Topliss-reactive ketones (excluding diaryl/α,β-unsaturated/α-hetero) is 1. The second-order valence-corrected chi connectivity index (χ2v) is 9.82. The molecule has 3 unspecified atom stereocenters. The molecule has 2 amide bonds. The lowest BCUT2D eigenvalue weighted by molar-refractivity contribution is -0.139. The van der Waals surface area contributed by atoms with Gasteiger partial charge in [0.2, 0.25) is 11.8 Å². The molecule has 0 fully saturated rings. The van der Waals surface area contributed by atoms with Crippen molar-refractivity contribution in [2.75, 3.05) is 13.2 Å². The van der Waals surface area contributed by atoms with Crippen LogP contribution in [0.15, 0.2) is 58.9 Å². The van der Waals surface area contributed by atoms with Crippen LogP contribution in [0.25, 0.3) is 0 Å². The number of ketones is 1. The third-order valence-electron chi connectivity index (χ3n) is 5.89. The van der Waals surface area contributed by atoms with Gasteiger partial charge in [0.25, 0.3) is 0 Å². The van der Waals surface area contributed by atoms with Gasteiger partial charge in [0, 0.05) is 43.5 Å². The Labute approximate surface area is 223 Å². The first-order chi connectivity index (χ1) is 17.3. The smallest absolute Gasteiger partial charge is 0.247 e. The topological polar surface area (TPSA) is 129 Å². The van der Waals surface area contributed by atoms with Crippen LogP contribution in [0.5, 0.6) is 5.75 Å². The van der Waals surface area contributed by atoms with E-state index >= 15 is 0 Å². The lowest BCUT2D eigenvalue weighted by atomic mass is 9.87. The average molecular weight is 610 g/mol. The van der Waals surface area contributed by atoms with Crippen LogP contribution in [0.2, 0.25) is 0 Å². The fourth-order valence-corrected chi connectivity index (χ4v) is 4.58. The molecule has 0 spiro atoms. The van der Waals surface area contributed by atoms with Gasteiger partial charge in [-0.3, -0.25) is 9.59 Å². The highest BCUT2D eigenvalue weighted by Crippen LogP contribution is 2.31. The Bertz CT molecular complexity index is 1070. The largest absolute Gasteiger partial charge is 0.482 e. The molecule has 0 saturated carbocycles. The SMILES string of the molecule is CC(=O)CCCC(=O)N(Cc1ccoc1)C1CC(C(=O)NCCO)=CC(Oc2ccccc2I)C1O. The van der Waals surface area contributed by atoms with Gasteiger partial charge >= 0.3 is 0 Å². The summed E-state index contributed by atoms with van der Waals surface area (Å²) < 4.78 is 12.1. The summed E-state index contributed by atoms with van der Waals surface area (Å²) in [6, 6.07) is 8.28. The third-order valence-corrected chi connectivity index (χ3v) is 6.78. The summed E-state index contributed by atoms with van der Waals surface area (Å²) in [5.41, 5.74) is 1.08. The number of carbonyl (C=O) groups is 3. The molecule has 3 rings (SSSR count). The van der Waals surface area contributed by atoms with Gasteiger partial charge < -0.3 is 34.4 Å². The molecule has 0 radical (unpaired) electrons. The second kappa shape index (κ2) is 13.6. The van der Waals surface area contributed by atoms with Crippen LogP contribution in [0, 0.1) is 3.57 Å². The summed E-state index contributed by atoms with van der Waals surface area (Å²) in [7, 11) is 0. The van der Waals surface area contributed by atoms with Crippen LogP contribution < -0.4 is 10.1 Å². The molecule has 0 bridgehead atoms. The van der Waals surface area contributed by atoms with Crippen molar-refractivity contribution in [2.24, 2.45) is 0 Å². The van der Waals surface area contributed by atoms with E-state index in [1.54, 1.807) is 18.2 Å². The Morgan fingerprint density at radius 2 is 2.00 bits per heavy atom. The first kappa shape index (κ1) is 27.9. The van der Waals surface area contributed by atoms with Crippen molar-refractivity contribution in [3.8, 4) is 5.75 Å². The number of hydrogen-bond acceptors (Lipinski definition) is 7. The zero-order chi connectivity index (χ0) is 26.1. The van der Waals surface area contributed by atoms with E-state index < -0.39 is 24.2 Å². The van der Waals surface area contributed by atoms with Crippen LogP contribution in [0.3, 0.4) is 0 Å². The molecule has 1 aromatic carbocycles. The number of benzene rings is 1. The van der Waals surface area contributed by atoms with Crippen LogP contribution in [0.1, 0.15) is 38.2 Å². The number of nitrogens with zero attached hydrogens (tertiary/aromatic N) is 1. The molecule has 36 heavy (non-hydrogen) atoms. The highest BCUT2D eigenvalue weighted by Gasteiger charge is 2.40. The first-order valence-corrected chi connectivity index (χ1v) is 12.9. The number of rotatable bonds is 12. The quantitative estimate of drug-likeness (QED) is 0.315. The third kappa shape index (κ3) is 7.65. The number of ether oxygens (including phenoxy) is 1. The van der Waals surface area contributed by atoms with E-state index in [1.807, 2.05) is 18.2 Å². The molecule has 1 heterocycles. The number of aliphatic hydroxyl groups is 2. The van der Waals surface area contributed by atoms with Gasteiger partial charge in [0.15, 0.2) is 0 Å². The van der Waals surface area contributed by atoms with Crippen molar-refractivity contribution in [2.45, 2.75) is 57.4 Å². The number of furan rings is 1. The van der Waals surface area contributed by atoms with E-state index in [1.165, 1.54) is 24.3 Å². The molecule has 194 valence electrons. The number of para-hydroxylation sites is 1. The summed E-state index contributed by atoms with van der Waals surface area (Å²) in [5.74, 6) is -0.0990. The Kier molecular flexibility index (Phi) is 10.5. The molecule has 2 aromatic rings. The monoisotopic (exact) mass is 610 g/mol. The lowest BCUT2D eigenvalue weighted by Gasteiger charge is -2.40. The van der Waals surface area contributed by atoms with E-state index in [2.05, 4.69) is 27.9 Å². The molecule has 1 aromatic heterocycles. The van der Waals surface area contributed by atoms with E-state index in [-0.39, 0.29) is 50.6 Å². The highest BCUT2D eigenvalue weighted by molar-refractivity contribution is 14.1. The van der Waals surface area contributed by atoms with Crippen LogP contribution in [-0.2, 0) is 20.9 Å². The van der Waals surface area contributed by atoms with E-state index in [4.69, 9.17) is 14.3 Å². The minimum absolute atomic E-state index is 0.00131. The van der Waals surface area contributed by atoms with Crippen LogP contribution in [-0.4, -0.2) is 64.1 Å². The van der Waals surface area contributed by atoms with Crippen molar-refractivity contribution < 1.29 is 33.8 Å². The molecule has 10 heteroatoms. The van der Waals surface area contributed by atoms with Gasteiger partial charge in [-0.1, -0.05) is 12.1 Å². The summed E-state index contributed by atoms with van der Waals surface area (Å²) in [4.78, 5) is 39.1. The summed E-state index contributed by atoms with van der Waals surface area (Å²) in [5, 5.41) is 23.2. The van der Waals surface area contributed by atoms with Gasteiger partial charge in [0.1, 0.15) is 23.7 Å². The standard InChI is InChI=1S/C26H31IN2O7/c1-17(31)5-4-8-24(32)29(15-18-9-12-35-16-18)21-13-19(26(34)28-10-11-30)14-23(25(21)33)36-22-7-3-2-6-20(22)27/h2-3,6-7,9,12,14,16,21,23,25,30,33H,4-5,8,10-11,13,15H2,1H3,(H,28,34). The molecule has 1 aliphatic rings. The maximum atomic E-state index is 13.3. The summed E-state index contributed by atoms with van der Waals surface area (Å²) >= 11 is 2.13. The normalized spacial score (nSPS) is 19.3. The predicted molar refractivity (Wildman–Crippen MR) is 140 cm³/mol. The number of carbonyl (C=O) groups excluding carboxylic acids is 3. The van der Waals surface area contributed by atoms with Crippen molar-refractivity contribution in [1.29, 1.82) is 0 Å². The zero-order valence-electron chi connectivity index (χ0n) is 20.1. The number of halogens is 1. The maximum absolute atomic E-state index is 13.3. The number of hydrogen-bond donors (Lipinski definition) is 3. The molecule has 9 nitrogen and oxygen atoms in total. The minimum Gasteiger partial charge on any atom is -0.482 e. The predicted octanol–water partition coefficient (Wildman–Crippen LogP) is 2.59. The summed E-state index contributed by atoms with van der Waals surface area (Å²) in [6.07, 6.45) is 3.47. The Balaban J connectivity index is 1.92. The molecule has 0 aliphatic heterocycles. The molecule has 3 N–H and O–H groups in total. The molecule has 3 atom stereocenters. The minimum atomic E-state index is -1.13. The van der Waals surface area contributed by atoms with E-state index in [0.717, 1.165) is 9.13 Å². The fraction of sp³-hybridized carbons (Fsp3) is 0.423. The number of nitrogens with one attached hydrogen (secondary N) is 1. The number of aliphatic hydroxyl groups excluding tert-OH is 2. The first-order valence-electron chi connectivity index (χ1n) is 11.8. The van der Waals surface area contributed by atoms with Crippen molar-refractivity contribution in [3.05, 3.63) is 63.6 Å². The highest BCUT2D eigenvalue weighted by atomic mass is 127. The van der Waals surface area contributed by atoms with Gasteiger partial charge in [-0.05, 0) is 60.2 Å². The number of amides is 2. The van der Waals surface area contributed by atoms with Crippen molar-refractivity contribution >= 4 is 40.2 Å². The van der Waals surface area contributed by atoms with Gasteiger partial charge in [0.05, 0.1) is 28.7 Å². The second-order valence-electron chi connectivity index (χ2n) is 8.66. The maximum Gasteiger partial charge on any atom is 0.247 e. The van der Waals surface area contributed by atoms with Crippen LogP contribution in [0.4, 0.5) is 0 Å². The molecular formula is C26H31IN2O7.